The first-order valence-corrected chi connectivity index (χ1v) is 4.26. The molecule has 76 valence electrons. The summed E-state index contributed by atoms with van der Waals surface area (Å²) in [4.78, 5) is 26.4. The van der Waals surface area contributed by atoms with Crippen LogP contribution in [0.4, 0.5) is 0 Å². The summed E-state index contributed by atoms with van der Waals surface area (Å²) in [6, 6.07) is 2.62. The zero-order valence-electron chi connectivity index (χ0n) is 7.97. The van der Waals surface area contributed by atoms with E-state index in [1.165, 1.54) is 18.3 Å². The summed E-state index contributed by atoms with van der Waals surface area (Å²) in [5.74, 6) is -0.0340. The molecular formula is C9H8N4O2. The minimum Gasteiger partial charge on any atom is -0.331 e. The predicted molar refractivity (Wildman–Crippen MR) is 51.5 cm³/mol. The number of aromatic amines is 1. The summed E-state index contributed by atoms with van der Waals surface area (Å²) < 4.78 is 1.59. The molecule has 2 rings (SSSR count). The molecule has 0 spiro atoms. The van der Waals surface area contributed by atoms with Crippen molar-refractivity contribution in [3.63, 3.8) is 0 Å². The van der Waals surface area contributed by atoms with Gasteiger partial charge in [0.05, 0.1) is 0 Å². The fourth-order valence-electron chi connectivity index (χ4n) is 1.17. The van der Waals surface area contributed by atoms with Gasteiger partial charge in [-0.3, -0.25) is 9.59 Å². The van der Waals surface area contributed by atoms with Crippen LogP contribution in [-0.4, -0.2) is 25.5 Å². The second-order valence-electron chi connectivity index (χ2n) is 3.00. The lowest BCUT2D eigenvalue weighted by Gasteiger charge is -1.98. The number of imidazole rings is 1. The van der Waals surface area contributed by atoms with E-state index in [4.69, 9.17) is 0 Å². The standard InChI is InChI=1S/C9H8N4O2/c1-13-5-4-10-9(13)8(15)6-2-3-7(14)12-11-6/h2-5H,1H3,(H,12,14). The van der Waals surface area contributed by atoms with E-state index >= 15 is 0 Å². The molecule has 0 amide bonds. The van der Waals surface area contributed by atoms with Gasteiger partial charge in [0.2, 0.25) is 5.78 Å². The van der Waals surface area contributed by atoms with Crippen LogP contribution in [0.1, 0.15) is 16.3 Å². The number of H-pyrrole nitrogens is 1. The van der Waals surface area contributed by atoms with Crippen LogP contribution < -0.4 is 5.56 Å². The molecule has 0 unspecified atom stereocenters. The molecule has 6 nitrogen and oxygen atoms in total. The normalized spacial score (nSPS) is 10.2. The third-order valence-electron chi connectivity index (χ3n) is 1.94. The van der Waals surface area contributed by atoms with Crippen molar-refractivity contribution < 1.29 is 4.79 Å². The molecule has 0 radical (unpaired) electrons. The maximum atomic E-state index is 11.8. The van der Waals surface area contributed by atoms with Gasteiger partial charge >= 0.3 is 0 Å². The molecule has 0 aliphatic carbocycles. The van der Waals surface area contributed by atoms with Crippen molar-refractivity contribution in [1.29, 1.82) is 0 Å². The number of ketones is 1. The maximum Gasteiger partial charge on any atom is 0.264 e. The quantitative estimate of drug-likeness (QED) is 0.683. The van der Waals surface area contributed by atoms with Gasteiger partial charge in [0, 0.05) is 25.5 Å². The smallest absolute Gasteiger partial charge is 0.264 e. The Labute approximate surface area is 84.6 Å². The molecule has 1 N–H and O–H groups in total. The molecule has 6 heteroatoms. The zero-order chi connectivity index (χ0) is 10.8. The van der Waals surface area contributed by atoms with Gasteiger partial charge in [0.25, 0.3) is 5.56 Å². The van der Waals surface area contributed by atoms with E-state index in [1.807, 2.05) is 0 Å². The third kappa shape index (κ3) is 1.69. The van der Waals surface area contributed by atoms with Gasteiger partial charge in [-0.1, -0.05) is 0 Å². The van der Waals surface area contributed by atoms with Crippen LogP contribution in [0.15, 0.2) is 29.3 Å². The number of aromatic nitrogens is 4. The maximum absolute atomic E-state index is 11.8. The largest absolute Gasteiger partial charge is 0.331 e. The molecule has 2 aromatic rings. The highest BCUT2D eigenvalue weighted by atomic mass is 16.1. The highest BCUT2D eigenvalue weighted by Gasteiger charge is 2.14. The lowest BCUT2D eigenvalue weighted by atomic mass is 10.2. The van der Waals surface area contributed by atoms with Crippen molar-refractivity contribution in [2.75, 3.05) is 0 Å². The van der Waals surface area contributed by atoms with Crippen molar-refractivity contribution in [2.45, 2.75) is 0 Å². The van der Waals surface area contributed by atoms with E-state index in [0.29, 0.717) is 0 Å². The van der Waals surface area contributed by atoms with Crippen LogP contribution in [0.25, 0.3) is 0 Å². The van der Waals surface area contributed by atoms with Gasteiger partial charge in [-0.25, -0.2) is 10.1 Å². The fraction of sp³-hybridized carbons (Fsp3) is 0.111. The fourth-order valence-corrected chi connectivity index (χ4v) is 1.17. The van der Waals surface area contributed by atoms with E-state index in [2.05, 4.69) is 15.2 Å². The summed E-state index contributed by atoms with van der Waals surface area (Å²) in [6.07, 6.45) is 3.19. The molecule has 2 heterocycles. The van der Waals surface area contributed by atoms with Crippen molar-refractivity contribution >= 4 is 5.78 Å². The number of nitrogens with one attached hydrogen (secondary N) is 1. The molecule has 0 atom stereocenters. The Kier molecular flexibility index (Phi) is 2.17. The number of aryl methyl sites for hydroxylation is 1. The van der Waals surface area contributed by atoms with Crippen LogP contribution in [-0.2, 0) is 7.05 Å². The summed E-state index contributed by atoms with van der Waals surface area (Å²) in [7, 11) is 1.71. The summed E-state index contributed by atoms with van der Waals surface area (Å²) in [6.45, 7) is 0. The molecular weight excluding hydrogens is 196 g/mol. The third-order valence-corrected chi connectivity index (χ3v) is 1.94. The SMILES string of the molecule is Cn1ccnc1C(=O)c1ccc(=O)[nH]n1. The molecule has 2 aromatic heterocycles. The number of rotatable bonds is 2. The Morgan fingerprint density at radius 3 is 2.80 bits per heavy atom. The molecule has 0 saturated carbocycles. The Bertz CT molecular complexity index is 535. The summed E-state index contributed by atoms with van der Waals surface area (Å²) >= 11 is 0. The van der Waals surface area contributed by atoms with E-state index in [0.717, 1.165) is 0 Å². The Hall–Kier alpha value is -2.24. The average molecular weight is 204 g/mol. The van der Waals surface area contributed by atoms with Gasteiger partial charge < -0.3 is 4.57 Å². The van der Waals surface area contributed by atoms with Crippen LogP contribution >= 0.6 is 0 Å². The summed E-state index contributed by atoms with van der Waals surface area (Å²) in [5, 5.41) is 5.83. The predicted octanol–water partition coefficient (Wildman–Crippen LogP) is -0.266. The van der Waals surface area contributed by atoms with Crippen molar-refractivity contribution in [2.24, 2.45) is 7.05 Å². The van der Waals surface area contributed by atoms with E-state index < -0.39 is 0 Å². The highest BCUT2D eigenvalue weighted by molar-refractivity contribution is 6.05. The first kappa shape index (κ1) is 9.32. The molecule has 0 aliphatic rings. The van der Waals surface area contributed by atoms with Gasteiger partial charge in [0.15, 0.2) is 5.82 Å². The average Bonchev–Trinajstić information content (AvgIpc) is 2.65. The van der Waals surface area contributed by atoms with Gasteiger partial charge in [0.1, 0.15) is 5.69 Å². The van der Waals surface area contributed by atoms with Crippen LogP contribution in [0.2, 0.25) is 0 Å². The van der Waals surface area contributed by atoms with Gasteiger partial charge in [-0.2, -0.15) is 5.10 Å². The van der Waals surface area contributed by atoms with E-state index in [9.17, 15) is 9.59 Å². The van der Waals surface area contributed by atoms with E-state index in [-0.39, 0.29) is 22.9 Å². The van der Waals surface area contributed by atoms with Crippen LogP contribution in [0, 0.1) is 0 Å². The van der Waals surface area contributed by atoms with Crippen molar-refractivity contribution in [3.8, 4) is 0 Å². The lowest BCUT2D eigenvalue weighted by molar-refractivity contribution is 0.102. The monoisotopic (exact) mass is 204 g/mol. The number of carbonyl (C=O) groups is 1. The molecule has 0 saturated heterocycles. The van der Waals surface area contributed by atoms with Gasteiger partial charge in [-0.15, -0.1) is 0 Å². The Balaban J connectivity index is 2.41. The number of carbonyl (C=O) groups excluding carboxylic acids is 1. The molecule has 0 aliphatic heterocycles. The van der Waals surface area contributed by atoms with Crippen molar-refractivity contribution in [1.82, 2.24) is 19.7 Å². The summed E-state index contributed by atoms with van der Waals surface area (Å²) in [5.41, 5.74) is -0.171. The van der Waals surface area contributed by atoms with Crippen molar-refractivity contribution in [3.05, 3.63) is 46.4 Å². The highest BCUT2D eigenvalue weighted by Crippen LogP contribution is 2.02. The van der Waals surface area contributed by atoms with Gasteiger partial charge in [-0.05, 0) is 6.07 Å². The molecule has 0 fully saturated rings. The molecule has 15 heavy (non-hydrogen) atoms. The number of hydrogen-bond acceptors (Lipinski definition) is 4. The topological polar surface area (TPSA) is 80.6 Å². The number of nitrogens with zero attached hydrogens (tertiary/aromatic N) is 3. The first-order valence-electron chi connectivity index (χ1n) is 4.26. The zero-order valence-corrected chi connectivity index (χ0v) is 7.97. The Morgan fingerprint density at radius 1 is 1.47 bits per heavy atom. The number of hydrogen-bond donors (Lipinski definition) is 1. The second kappa shape index (κ2) is 3.49. The minimum absolute atomic E-state index is 0.170. The van der Waals surface area contributed by atoms with E-state index in [1.54, 1.807) is 17.8 Å². The molecule has 0 bridgehead atoms. The lowest BCUT2D eigenvalue weighted by Crippen LogP contribution is -2.14. The molecule has 0 aromatic carbocycles. The van der Waals surface area contributed by atoms with Crippen LogP contribution in [0.3, 0.4) is 0 Å². The Morgan fingerprint density at radius 2 is 2.27 bits per heavy atom. The second-order valence-corrected chi connectivity index (χ2v) is 3.00. The minimum atomic E-state index is -0.341. The first-order chi connectivity index (χ1) is 7.18. The van der Waals surface area contributed by atoms with Crippen LogP contribution in [0.5, 0.6) is 0 Å².